The van der Waals surface area contributed by atoms with E-state index < -0.39 is 10.0 Å². The summed E-state index contributed by atoms with van der Waals surface area (Å²) < 4.78 is 32.6. The van der Waals surface area contributed by atoms with Gasteiger partial charge in [0.2, 0.25) is 10.0 Å². The molecule has 7 heteroatoms. The molecule has 1 aliphatic rings. The van der Waals surface area contributed by atoms with Crippen LogP contribution in [0.1, 0.15) is 6.92 Å². The Kier molecular flexibility index (Phi) is 5.58. The lowest BCUT2D eigenvalue weighted by molar-refractivity contribution is -0.0156. The fourth-order valence-corrected chi connectivity index (χ4v) is 3.30. The molecule has 0 spiro atoms. The zero-order valence-electron chi connectivity index (χ0n) is 12.5. The molecule has 2 N–H and O–H groups in total. The third-order valence-corrected chi connectivity index (χ3v) is 4.83. The molecule has 118 valence electrons. The number of benzene rings is 1. The number of nitrogens with zero attached hydrogens (tertiary/aromatic N) is 1. The van der Waals surface area contributed by atoms with E-state index in [4.69, 9.17) is 4.74 Å². The van der Waals surface area contributed by atoms with E-state index >= 15 is 0 Å². The molecule has 1 heterocycles. The summed E-state index contributed by atoms with van der Waals surface area (Å²) >= 11 is 0. The first-order chi connectivity index (χ1) is 10.0. The summed E-state index contributed by atoms with van der Waals surface area (Å²) in [7, 11) is -1.48. The minimum atomic E-state index is -3.49. The van der Waals surface area contributed by atoms with Crippen LogP contribution in [0.25, 0.3) is 0 Å². The maximum absolute atomic E-state index is 12.2. The fourth-order valence-electron chi connectivity index (χ4n) is 2.23. The molecule has 1 atom stereocenters. The molecule has 0 radical (unpaired) electrons. The molecule has 2 rings (SSSR count). The standard InChI is InChI=1S/C14H23N3O3S/c1-3-15-12-4-6-14(7-5-12)21(18,19)16-10-13-11-17(2)8-9-20-13/h4-7,13,15-16H,3,8-11H2,1-2H3. The second kappa shape index (κ2) is 7.22. The van der Waals surface area contributed by atoms with E-state index in [1.807, 2.05) is 14.0 Å². The van der Waals surface area contributed by atoms with E-state index in [1.54, 1.807) is 24.3 Å². The first-order valence-corrected chi connectivity index (χ1v) is 8.63. The van der Waals surface area contributed by atoms with Crippen molar-refractivity contribution in [2.45, 2.75) is 17.9 Å². The molecule has 0 saturated carbocycles. The Morgan fingerprint density at radius 2 is 2.05 bits per heavy atom. The lowest BCUT2D eigenvalue weighted by Crippen LogP contribution is -2.45. The van der Waals surface area contributed by atoms with Gasteiger partial charge in [-0.25, -0.2) is 13.1 Å². The van der Waals surface area contributed by atoms with Crippen molar-refractivity contribution in [3.8, 4) is 0 Å². The Morgan fingerprint density at radius 1 is 1.33 bits per heavy atom. The third-order valence-electron chi connectivity index (χ3n) is 3.39. The van der Waals surface area contributed by atoms with Crippen molar-refractivity contribution in [3.63, 3.8) is 0 Å². The number of morpholine rings is 1. The molecular formula is C14H23N3O3S. The van der Waals surface area contributed by atoms with E-state index in [0.717, 1.165) is 25.3 Å². The molecule has 1 aromatic rings. The van der Waals surface area contributed by atoms with Crippen LogP contribution >= 0.6 is 0 Å². The Hall–Kier alpha value is -1.15. The summed E-state index contributed by atoms with van der Waals surface area (Å²) in [6.45, 7) is 5.35. The van der Waals surface area contributed by atoms with Crippen LogP contribution in [-0.4, -0.2) is 59.3 Å². The van der Waals surface area contributed by atoms with Gasteiger partial charge in [0.15, 0.2) is 0 Å². The number of hydrogen-bond donors (Lipinski definition) is 2. The molecule has 1 aliphatic heterocycles. The first kappa shape index (κ1) is 16.2. The quantitative estimate of drug-likeness (QED) is 0.810. The van der Waals surface area contributed by atoms with Crippen LogP contribution in [-0.2, 0) is 14.8 Å². The van der Waals surface area contributed by atoms with Crippen LogP contribution in [0.5, 0.6) is 0 Å². The summed E-state index contributed by atoms with van der Waals surface area (Å²) in [5.41, 5.74) is 0.911. The average Bonchev–Trinajstić information content (AvgIpc) is 2.46. The van der Waals surface area contributed by atoms with Gasteiger partial charge in [0, 0.05) is 31.9 Å². The topological polar surface area (TPSA) is 70.7 Å². The van der Waals surface area contributed by atoms with Crippen LogP contribution in [0.2, 0.25) is 0 Å². The van der Waals surface area contributed by atoms with Gasteiger partial charge in [0.05, 0.1) is 17.6 Å². The smallest absolute Gasteiger partial charge is 0.240 e. The van der Waals surface area contributed by atoms with E-state index in [0.29, 0.717) is 13.2 Å². The summed E-state index contributed by atoms with van der Waals surface area (Å²) in [6, 6.07) is 6.74. The molecule has 0 bridgehead atoms. The van der Waals surface area contributed by atoms with Crippen molar-refractivity contribution in [3.05, 3.63) is 24.3 Å². The van der Waals surface area contributed by atoms with Gasteiger partial charge in [-0.2, -0.15) is 0 Å². The molecular weight excluding hydrogens is 290 g/mol. The van der Waals surface area contributed by atoms with Crippen molar-refractivity contribution in [1.29, 1.82) is 0 Å². The fraction of sp³-hybridized carbons (Fsp3) is 0.571. The van der Waals surface area contributed by atoms with E-state index in [-0.39, 0.29) is 11.0 Å². The van der Waals surface area contributed by atoms with Gasteiger partial charge in [0.25, 0.3) is 0 Å². The molecule has 21 heavy (non-hydrogen) atoms. The Labute approximate surface area is 126 Å². The second-order valence-electron chi connectivity index (χ2n) is 5.16. The monoisotopic (exact) mass is 313 g/mol. The average molecular weight is 313 g/mol. The zero-order chi connectivity index (χ0) is 15.3. The zero-order valence-corrected chi connectivity index (χ0v) is 13.3. The highest BCUT2D eigenvalue weighted by Gasteiger charge is 2.21. The lowest BCUT2D eigenvalue weighted by Gasteiger charge is -2.30. The first-order valence-electron chi connectivity index (χ1n) is 7.15. The largest absolute Gasteiger partial charge is 0.385 e. The van der Waals surface area contributed by atoms with Crippen molar-refractivity contribution in [2.24, 2.45) is 0 Å². The number of likely N-dealkylation sites (N-methyl/N-ethyl adjacent to an activating group) is 1. The highest BCUT2D eigenvalue weighted by Crippen LogP contribution is 2.14. The normalized spacial score (nSPS) is 20.4. The molecule has 1 fully saturated rings. The predicted octanol–water partition coefficient (Wildman–Crippen LogP) is 0.727. The number of sulfonamides is 1. The van der Waals surface area contributed by atoms with Gasteiger partial charge in [-0.1, -0.05) is 0 Å². The van der Waals surface area contributed by atoms with Gasteiger partial charge in [-0.15, -0.1) is 0 Å². The lowest BCUT2D eigenvalue weighted by atomic mass is 10.3. The molecule has 1 saturated heterocycles. The number of rotatable bonds is 6. The summed E-state index contributed by atoms with van der Waals surface area (Å²) in [6.07, 6.45) is -0.0976. The van der Waals surface area contributed by atoms with Gasteiger partial charge in [-0.3, -0.25) is 0 Å². The third kappa shape index (κ3) is 4.67. The molecule has 1 aromatic carbocycles. The van der Waals surface area contributed by atoms with E-state index in [2.05, 4.69) is 14.9 Å². The number of nitrogens with one attached hydrogen (secondary N) is 2. The van der Waals surface area contributed by atoms with Crippen LogP contribution in [0.4, 0.5) is 5.69 Å². The number of anilines is 1. The van der Waals surface area contributed by atoms with Crippen LogP contribution in [0, 0.1) is 0 Å². The van der Waals surface area contributed by atoms with Gasteiger partial charge in [-0.05, 0) is 38.2 Å². The van der Waals surface area contributed by atoms with Crippen molar-refractivity contribution < 1.29 is 13.2 Å². The van der Waals surface area contributed by atoms with E-state index in [9.17, 15) is 8.42 Å². The molecule has 0 amide bonds. The van der Waals surface area contributed by atoms with E-state index in [1.165, 1.54) is 0 Å². The van der Waals surface area contributed by atoms with Gasteiger partial charge in [0.1, 0.15) is 0 Å². The van der Waals surface area contributed by atoms with Gasteiger partial charge < -0.3 is 15.0 Å². The van der Waals surface area contributed by atoms with Crippen LogP contribution < -0.4 is 10.0 Å². The maximum Gasteiger partial charge on any atom is 0.240 e. The number of ether oxygens (including phenoxy) is 1. The summed E-state index contributed by atoms with van der Waals surface area (Å²) in [5, 5.41) is 3.13. The highest BCUT2D eigenvalue weighted by molar-refractivity contribution is 7.89. The highest BCUT2D eigenvalue weighted by atomic mass is 32.2. The summed E-state index contributed by atoms with van der Waals surface area (Å²) in [4.78, 5) is 2.40. The van der Waals surface area contributed by atoms with Crippen molar-refractivity contribution in [1.82, 2.24) is 9.62 Å². The Morgan fingerprint density at radius 3 is 2.67 bits per heavy atom. The summed E-state index contributed by atoms with van der Waals surface area (Å²) in [5.74, 6) is 0. The van der Waals surface area contributed by atoms with Crippen molar-refractivity contribution in [2.75, 3.05) is 45.2 Å². The predicted molar refractivity (Wildman–Crippen MR) is 83.0 cm³/mol. The number of hydrogen-bond acceptors (Lipinski definition) is 5. The van der Waals surface area contributed by atoms with Crippen molar-refractivity contribution >= 4 is 15.7 Å². The van der Waals surface area contributed by atoms with Crippen LogP contribution in [0.3, 0.4) is 0 Å². The van der Waals surface area contributed by atoms with Crippen LogP contribution in [0.15, 0.2) is 29.2 Å². The second-order valence-corrected chi connectivity index (χ2v) is 6.93. The molecule has 1 unspecified atom stereocenters. The maximum atomic E-state index is 12.2. The SMILES string of the molecule is CCNc1ccc(S(=O)(=O)NCC2CN(C)CCO2)cc1. The Bertz CT molecular complexity index is 545. The minimum absolute atomic E-state index is 0.0976. The molecule has 0 aromatic heterocycles. The molecule has 0 aliphatic carbocycles. The Balaban J connectivity index is 1.94. The minimum Gasteiger partial charge on any atom is -0.385 e. The van der Waals surface area contributed by atoms with Gasteiger partial charge >= 0.3 is 0 Å². The molecule has 6 nitrogen and oxygen atoms in total.